The maximum Gasteiger partial charge on any atom is 0.291 e. The van der Waals surface area contributed by atoms with Crippen molar-refractivity contribution in [1.29, 1.82) is 5.26 Å². The SMILES string of the molecule is N#CCc1ccncc1[N+](=O)[O-]. The first kappa shape index (κ1) is 8.14. The molecule has 0 aliphatic rings. The highest BCUT2D eigenvalue weighted by Gasteiger charge is 2.11. The first-order valence-electron chi connectivity index (χ1n) is 3.20. The highest BCUT2D eigenvalue weighted by molar-refractivity contribution is 5.38. The minimum Gasteiger partial charge on any atom is -0.258 e. The minimum atomic E-state index is -0.542. The Bertz CT molecular complexity index is 343. The van der Waals surface area contributed by atoms with Crippen molar-refractivity contribution in [3.63, 3.8) is 0 Å². The zero-order chi connectivity index (χ0) is 8.97. The number of hydrogen-bond acceptors (Lipinski definition) is 4. The van der Waals surface area contributed by atoms with Gasteiger partial charge in [0.05, 0.1) is 17.4 Å². The lowest BCUT2D eigenvalue weighted by Crippen LogP contribution is -1.94. The van der Waals surface area contributed by atoms with E-state index in [-0.39, 0.29) is 12.1 Å². The molecule has 5 nitrogen and oxygen atoms in total. The van der Waals surface area contributed by atoms with Crippen molar-refractivity contribution in [1.82, 2.24) is 4.98 Å². The minimum absolute atomic E-state index is 0.0405. The Hall–Kier alpha value is -1.96. The van der Waals surface area contributed by atoms with Crippen LogP contribution in [0.3, 0.4) is 0 Å². The predicted octanol–water partition coefficient (Wildman–Crippen LogP) is 1.06. The summed E-state index contributed by atoms with van der Waals surface area (Å²) in [5.41, 5.74) is 0.302. The Labute approximate surface area is 68.4 Å². The number of nitrogens with zero attached hydrogens (tertiary/aromatic N) is 3. The van der Waals surface area contributed by atoms with Gasteiger partial charge in [-0.05, 0) is 6.07 Å². The Morgan fingerprint density at radius 2 is 2.50 bits per heavy atom. The third-order valence-electron chi connectivity index (χ3n) is 1.35. The van der Waals surface area contributed by atoms with E-state index in [1.165, 1.54) is 12.3 Å². The molecule has 0 fully saturated rings. The van der Waals surface area contributed by atoms with E-state index in [1.807, 2.05) is 6.07 Å². The molecule has 0 aliphatic carbocycles. The first-order chi connectivity index (χ1) is 5.75. The zero-order valence-corrected chi connectivity index (χ0v) is 6.10. The van der Waals surface area contributed by atoms with E-state index in [0.717, 1.165) is 6.20 Å². The van der Waals surface area contributed by atoms with Crippen LogP contribution in [0.4, 0.5) is 5.69 Å². The first-order valence-corrected chi connectivity index (χ1v) is 3.20. The van der Waals surface area contributed by atoms with Crippen molar-refractivity contribution < 1.29 is 4.92 Å². The molecule has 1 aromatic rings. The van der Waals surface area contributed by atoms with Gasteiger partial charge in [-0.15, -0.1) is 0 Å². The summed E-state index contributed by atoms with van der Waals surface area (Å²) in [5.74, 6) is 0. The Morgan fingerprint density at radius 3 is 3.08 bits per heavy atom. The smallest absolute Gasteiger partial charge is 0.258 e. The Kier molecular flexibility index (Phi) is 2.33. The van der Waals surface area contributed by atoms with Crippen LogP contribution in [-0.2, 0) is 6.42 Å². The third-order valence-corrected chi connectivity index (χ3v) is 1.35. The number of hydrogen-bond donors (Lipinski definition) is 0. The lowest BCUT2D eigenvalue weighted by molar-refractivity contribution is -0.385. The van der Waals surface area contributed by atoms with E-state index in [1.54, 1.807) is 0 Å². The highest BCUT2D eigenvalue weighted by atomic mass is 16.6. The molecule has 0 saturated heterocycles. The molecule has 0 spiro atoms. The molecule has 5 heteroatoms. The standard InChI is InChI=1S/C7H5N3O2/c8-3-1-6-2-4-9-5-7(6)10(11)12/h2,4-5H,1H2. The van der Waals surface area contributed by atoms with Gasteiger partial charge in [-0.25, -0.2) is 0 Å². The molecular formula is C7H5N3O2. The number of aromatic nitrogens is 1. The molecule has 0 bridgehead atoms. The summed E-state index contributed by atoms with van der Waals surface area (Å²) in [6.45, 7) is 0. The molecule has 1 aromatic heterocycles. The monoisotopic (exact) mass is 163 g/mol. The number of nitro groups is 1. The molecule has 1 rings (SSSR count). The van der Waals surface area contributed by atoms with E-state index in [4.69, 9.17) is 5.26 Å². The van der Waals surface area contributed by atoms with Gasteiger partial charge in [0.15, 0.2) is 0 Å². The maximum absolute atomic E-state index is 10.4. The Morgan fingerprint density at radius 1 is 1.75 bits per heavy atom. The molecule has 0 aliphatic heterocycles. The van der Waals surface area contributed by atoms with Crippen LogP contribution in [0.25, 0.3) is 0 Å². The molecule has 12 heavy (non-hydrogen) atoms. The molecule has 60 valence electrons. The van der Waals surface area contributed by atoms with Crippen LogP contribution in [-0.4, -0.2) is 9.91 Å². The van der Waals surface area contributed by atoms with Gasteiger partial charge >= 0.3 is 0 Å². The second-order valence-electron chi connectivity index (χ2n) is 2.10. The van der Waals surface area contributed by atoms with E-state index >= 15 is 0 Å². The van der Waals surface area contributed by atoms with E-state index in [2.05, 4.69) is 4.98 Å². The van der Waals surface area contributed by atoms with Gasteiger partial charge in [0.1, 0.15) is 6.20 Å². The quantitative estimate of drug-likeness (QED) is 0.482. The Balaban J connectivity index is 3.10. The molecule has 0 atom stereocenters. The second kappa shape index (κ2) is 3.44. The molecular weight excluding hydrogens is 158 g/mol. The van der Waals surface area contributed by atoms with Crippen molar-refractivity contribution >= 4 is 5.69 Å². The summed E-state index contributed by atoms with van der Waals surface area (Å²) in [4.78, 5) is 13.4. The van der Waals surface area contributed by atoms with Crippen LogP contribution in [0.5, 0.6) is 0 Å². The summed E-state index contributed by atoms with van der Waals surface area (Å²) in [6, 6.07) is 3.32. The molecule has 0 aromatic carbocycles. The fourth-order valence-corrected chi connectivity index (χ4v) is 0.814. The predicted molar refractivity (Wildman–Crippen MR) is 40.2 cm³/mol. The van der Waals surface area contributed by atoms with Gasteiger partial charge in [-0.3, -0.25) is 15.1 Å². The lowest BCUT2D eigenvalue weighted by atomic mass is 10.2. The van der Waals surface area contributed by atoms with Crippen molar-refractivity contribution in [3.05, 3.63) is 34.1 Å². The fourth-order valence-electron chi connectivity index (χ4n) is 0.814. The van der Waals surface area contributed by atoms with Gasteiger partial charge in [-0.2, -0.15) is 5.26 Å². The van der Waals surface area contributed by atoms with Crippen LogP contribution in [0.1, 0.15) is 5.56 Å². The van der Waals surface area contributed by atoms with Gasteiger partial charge in [0.2, 0.25) is 0 Å². The van der Waals surface area contributed by atoms with Crippen LogP contribution in [0.2, 0.25) is 0 Å². The van der Waals surface area contributed by atoms with Gasteiger partial charge in [-0.1, -0.05) is 0 Å². The van der Waals surface area contributed by atoms with Crippen molar-refractivity contribution in [2.75, 3.05) is 0 Å². The zero-order valence-electron chi connectivity index (χ0n) is 6.10. The third kappa shape index (κ3) is 1.55. The number of pyridine rings is 1. The maximum atomic E-state index is 10.4. The summed E-state index contributed by atoms with van der Waals surface area (Å²) in [7, 11) is 0. The largest absolute Gasteiger partial charge is 0.291 e. The van der Waals surface area contributed by atoms with Gasteiger partial charge in [0, 0.05) is 11.8 Å². The molecule has 1 heterocycles. The van der Waals surface area contributed by atoms with Crippen molar-refractivity contribution in [2.45, 2.75) is 6.42 Å². The summed E-state index contributed by atoms with van der Waals surface area (Å²) >= 11 is 0. The molecule has 0 unspecified atom stereocenters. The second-order valence-corrected chi connectivity index (χ2v) is 2.10. The molecule has 0 N–H and O–H groups in total. The van der Waals surface area contributed by atoms with E-state index in [9.17, 15) is 10.1 Å². The van der Waals surface area contributed by atoms with Crippen LogP contribution < -0.4 is 0 Å². The van der Waals surface area contributed by atoms with Crippen LogP contribution in [0, 0.1) is 21.4 Å². The lowest BCUT2D eigenvalue weighted by Gasteiger charge is -1.94. The van der Waals surface area contributed by atoms with E-state index in [0.29, 0.717) is 5.56 Å². The highest BCUT2D eigenvalue weighted by Crippen LogP contribution is 2.15. The number of rotatable bonds is 2. The summed E-state index contributed by atoms with van der Waals surface area (Å²) in [6.07, 6.45) is 2.62. The summed E-state index contributed by atoms with van der Waals surface area (Å²) in [5, 5.41) is 18.7. The summed E-state index contributed by atoms with van der Waals surface area (Å²) < 4.78 is 0. The van der Waals surface area contributed by atoms with E-state index < -0.39 is 4.92 Å². The molecule has 0 amide bonds. The van der Waals surface area contributed by atoms with Gasteiger partial charge in [0.25, 0.3) is 5.69 Å². The van der Waals surface area contributed by atoms with Gasteiger partial charge < -0.3 is 0 Å². The van der Waals surface area contributed by atoms with Crippen molar-refractivity contribution in [2.24, 2.45) is 0 Å². The van der Waals surface area contributed by atoms with Crippen LogP contribution >= 0.6 is 0 Å². The van der Waals surface area contributed by atoms with Crippen molar-refractivity contribution in [3.8, 4) is 6.07 Å². The number of nitriles is 1. The average Bonchev–Trinajstić information content (AvgIpc) is 2.05. The average molecular weight is 163 g/mol. The molecule has 0 saturated carbocycles. The normalized spacial score (nSPS) is 8.92. The van der Waals surface area contributed by atoms with Crippen LogP contribution in [0.15, 0.2) is 18.5 Å². The molecule has 0 radical (unpaired) electrons. The topological polar surface area (TPSA) is 79.8 Å². The fraction of sp³-hybridized carbons (Fsp3) is 0.143.